The third kappa shape index (κ3) is 2.45. The largest absolute Gasteiger partial charge is 0.240 e. The summed E-state index contributed by atoms with van der Waals surface area (Å²) < 4.78 is 1.75. The lowest BCUT2D eigenvalue weighted by molar-refractivity contribution is 0.880. The molecule has 0 bridgehead atoms. The Balaban J connectivity index is 2.04. The first-order chi connectivity index (χ1) is 9.24. The van der Waals surface area contributed by atoms with Gasteiger partial charge in [0, 0.05) is 11.8 Å². The lowest BCUT2D eigenvalue weighted by atomic mass is 10.2. The number of halogens is 2. The topological polar surface area (TPSA) is 43.6 Å². The minimum atomic E-state index is 0.159. The molecule has 0 aliphatic rings. The molecule has 0 radical (unpaired) electrons. The van der Waals surface area contributed by atoms with Gasteiger partial charge in [-0.3, -0.25) is 0 Å². The third-order valence-corrected chi connectivity index (χ3v) is 3.05. The van der Waals surface area contributed by atoms with Crippen LogP contribution in [0.25, 0.3) is 16.9 Å². The van der Waals surface area contributed by atoms with E-state index in [1.807, 2.05) is 36.5 Å². The maximum Gasteiger partial charge on any atom is 0.222 e. The van der Waals surface area contributed by atoms with Crippen LogP contribution in [0.2, 0.25) is 10.3 Å². The van der Waals surface area contributed by atoms with Gasteiger partial charge in [0.15, 0.2) is 0 Å². The monoisotopic (exact) mass is 290 g/mol. The highest BCUT2D eigenvalue weighted by Crippen LogP contribution is 2.26. The minimum Gasteiger partial charge on any atom is -0.240 e. The molecule has 0 N–H and O–H groups in total. The summed E-state index contributed by atoms with van der Waals surface area (Å²) in [6, 6.07) is 9.78. The van der Waals surface area contributed by atoms with E-state index in [0.717, 1.165) is 11.3 Å². The Morgan fingerprint density at radius 1 is 1.00 bits per heavy atom. The van der Waals surface area contributed by atoms with Gasteiger partial charge in [0.2, 0.25) is 5.28 Å². The van der Waals surface area contributed by atoms with E-state index in [2.05, 4.69) is 15.1 Å². The van der Waals surface area contributed by atoms with Crippen molar-refractivity contribution in [2.75, 3.05) is 0 Å². The van der Waals surface area contributed by atoms with Crippen molar-refractivity contribution in [3.8, 4) is 16.9 Å². The quantitative estimate of drug-likeness (QED) is 0.677. The second kappa shape index (κ2) is 4.99. The first-order valence-corrected chi connectivity index (χ1v) is 6.28. The van der Waals surface area contributed by atoms with Gasteiger partial charge in [-0.25, -0.2) is 14.6 Å². The summed E-state index contributed by atoms with van der Waals surface area (Å²) in [4.78, 5) is 7.94. The standard InChI is InChI=1S/C13H8Cl2N4/c14-11-7-16-13(15)18-12(11)9-6-17-19(8-9)10-4-2-1-3-5-10/h1-8H. The van der Waals surface area contributed by atoms with Crippen molar-refractivity contribution in [1.29, 1.82) is 0 Å². The Morgan fingerprint density at radius 2 is 1.79 bits per heavy atom. The number of hydrogen-bond donors (Lipinski definition) is 0. The van der Waals surface area contributed by atoms with E-state index in [4.69, 9.17) is 23.2 Å². The second-order valence-electron chi connectivity index (χ2n) is 3.84. The normalized spacial score (nSPS) is 10.6. The van der Waals surface area contributed by atoms with Crippen LogP contribution in [0.4, 0.5) is 0 Å². The first kappa shape index (κ1) is 12.1. The Hall–Kier alpha value is -1.91. The molecule has 2 aromatic heterocycles. The SMILES string of the molecule is Clc1ncc(Cl)c(-c2cnn(-c3ccccc3)c2)n1. The number of aromatic nitrogens is 4. The smallest absolute Gasteiger partial charge is 0.222 e. The molecule has 2 heterocycles. The van der Waals surface area contributed by atoms with Gasteiger partial charge in [0.05, 0.1) is 28.8 Å². The van der Waals surface area contributed by atoms with Gasteiger partial charge in [-0.15, -0.1) is 0 Å². The molecule has 0 atom stereocenters. The molecule has 4 nitrogen and oxygen atoms in total. The van der Waals surface area contributed by atoms with Crippen molar-refractivity contribution in [3.63, 3.8) is 0 Å². The first-order valence-electron chi connectivity index (χ1n) is 5.52. The van der Waals surface area contributed by atoms with Crippen molar-refractivity contribution < 1.29 is 0 Å². The van der Waals surface area contributed by atoms with E-state index >= 15 is 0 Å². The fourth-order valence-corrected chi connectivity index (χ4v) is 2.05. The third-order valence-electron chi connectivity index (χ3n) is 2.59. The van der Waals surface area contributed by atoms with Crippen molar-refractivity contribution in [2.45, 2.75) is 0 Å². The Kier molecular flexibility index (Phi) is 3.19. The molecule has 1 aromatic carbocycles. The molecule has 0 saturated heterocycles. The van der Waals surface area contributed by atoms with E-state index in [-0.39, 0.29) is 5.28 Å². The predicted octanol–water partition coefficient (Wildman–Crippen LogP) is 3.64. The van der Waals surface area contributed by atoms with E-state index < -0.39 is 0 Å². The molecular formula is C13H8Cl2N4. The molecule has 19 heavy (non-hydrogen) atoms. The van der Waals surface area contributed by atoms with E-state index in [1.54, 1.807) is 10.9 Å². The second-order valence-corrected chi connectivity index (χ2v) is 4.59. The summed E-state index contributed by atoms with van der Waals surface area (Å²) >= 11 is 11.8. The number of nitrogens with zero attached hydrogens (tertiary/aromatic N) is 4. The molecule has 0 spiro atoms. The van der Waals surface area contributed by atoms with Crippen LogP contribution in [-0.4, -0.2) is 19.7 Å². The van der Waals surface area contributed by atoms with Gasteiger partial charge >= 0.3 is 0 Å². The van der Waals surface area contributed by atoms with Crippen LogP contribution in [0.1, 0.15) is 0 Å². The average molecular weight is 291 g/mol. The molecule has 3 aromatic rings. The molecule has 6 heteroatoms. The predicted molar refractivity (Wildman–Crippen MR) is 74.6 cm³/mol. The highest BCUT2D eigenvalue weighted by Gasteiger charge is 2.10. The maximum atomic E-state index is 6.07. The van der Waals surface area contributed by atoms with Crippen LogP contribution < -0.4 is 0 Å². The summed E-state index contributed by atoms with van der Waals surface area (Å²) in [7, 11) is 0. The van der Waals surface area contributed by atoms with Gasteiger partial charge < -0.3 is 0 Å². The molecular weight excluding hydrogens is 283 g/mol. The Labute approximate surface area is 119 Å². The molecule has 0 unspecified atom stereocenters. The van der Waals surface area contributed by atoms with Gasteiger partial charge in [-0.2, -0.15) is 5.10 Å². The lowest BCUT2D eigenvalue weighted by Crippen LogP contribution is -1.92. The van der Waals surface area contributed by atoms with Gasteiger partial charge in [0.1, 0.15) is 0 Å². The van der Waals surface area contributed by atoms with Crippen LogP contribution in [-0.2, 0) is 0 Å². The highest BCUT2D eigenvalue weighted by molar-refractivity contribution is 6.33. The summed E-state index contributed by atoms with van der Waals surface area (Å²) in [6.45, 7) is 0. The fourth-order valence-electron chi connectivity index (χ4n) is 1.72. The molecule has 0 amide bonds. The van der Waals surface area contributed by atoms with Crippen molar-refractivity contribution >= 4 is 23.2 Å². The number of rotatable bonds is 2. The summed E-state index contributed by atoms with van der Waals surface area (Å²) in [5.41, 5.74) is 2.33. The van der Waals surface area contributed by atoms with Crippen molar-refractivity contribution in [2.24, 2.45) is 0 Å². The Bertz CT molecular complexity index is 710. The molecule has 3 rings (SSSR count). The average Bonchev–Trinajstić information content (AvgIpc) is 2.92. The van der Waals surface area contributed by atoms with Crippen molar-refractivity contribution in [3.05, 3.63) is 59.2 Å². The van der Waals surface area contributed by atoms with Crippen LogP contribution in [0.5, 0.6) is 0 Å². The van der Waals surface area contributed by atoms with Gasteiger partial charge in [-0.05, 0) is 23.7 Å². The van der Waals surface area contributed by atoms with Crippen molar-refractivity contribution in [1.82, 2.24) is 19.7 Å². The molecule has 0 aliphatic carbocycles. The minimum absolute atomic E-state index is 0.159. The van der Waals surface area contributed by atoms with E-state index in [9.17, 15) is 0 Å². The zero-order chi connectivity index (χ0) is 13.2. The Morgan fingerprint density at radius 3 is 2.58 bits per heavy atom. The summed E-state index contributed by atoms with van der Waals surface area (Å²) in [5.74, 6) is 0. The molecule has 94 valence electrons. The molecule has 0 saturated carbocycles. The van der Waals surface area contributed by atoms with Crippen LogP contribution >= 0.6 is 23.2 Å². The number of para-hydroxylation sites is 1. The summed E-state index contributed by atoms with van der Waals surface area (Å²) in [5, 5.41) is 4.89. The fraction of sp³-hybridized carbons (Fsp3) is 0. The van der Waals surface area contributed by atoms with Gasteiger partial charge in [-0.1, -0.05) is 29.8 Å². The van der Waals surface area contributed by atoms with Crippen LogP contribution in [0.15, 0.2) is 48.9 Å². The highest BCUT2D eigenvalue weighted by atomic mass is 35.5. The van der Waals surface area contributed by atoms with Crippen LogP contribution in [0, 0.1) is 0 Å². The van der Waals surface area contributed by atoms with Gasteiger partial charge in [0.25, 0.3) is 0 Å². The zero-order valence-electron chi connectivity index (χ0n) is 9.66. The number of hydrogen-bond acceptors (Lipinski definition) is 3. The van der Waals surface area contributed by atoms with E-state index in [1.165, 1.54) is 6.20 Å². The van der Waals surface area contributed by atoms with Crippen LogP contribution in [0.3, 0.4) is 0 Å². The molecule has 0 fully saturated rings. The zero-order valence-corrected chi connectivity index (χ0v) is 11.2. The van der Waals surface area contributed by atoms with E-state index in [0.29, 0.717) is 10.7 Å². The number of benzene rings is 1. The maximum absolute atomic E-state index is 6.07. The lowest BCUT2D eigenvalue weighted by Gasteiger charge is -2.00. The molecule has 0 aliphatic heterocycles. The summed E-state index contributed by atoms with van der Waals surface area (Å²) in [6.07, 6.45) is 5.02.